The summed E-state index contributed by atoms with van der Waals surface area (Å²) in [6, 6.07) is 10.0. The van der Waals surface area contributed by atoms with Gasteiger partial charge in [-0.15, -0.1) is 0 Å². The minimum atomic E-state index is -0.124. The number of carbonyl (C=O) groups excluding carboxylic acids is 1. The maximum Gasteiger partial charge on any atom is 0.236 e. The molecule has 1 amide bonds. The lowest BCUT2D eigenvalue weighted by Crippen LogP contribution is -2.41. The number of hydrogen-bond acceptors (Lipinski definition) is 2. The Kier molecular flexibility index (Phi) is 4.84. The molecule has 0 unspecified atom stereocenters. The van der Waals surface area contributed by atoms with Crippen LogP contribution in [0.15, 0.2) is 30.3 Å². The molecule has 3 nitrogen and oxygen atoms in total. The first-order valence-corrected chi connectivity index (χ1v) is 5.23. The topological polar surface area (TPSA) is 41.1 Å². The van der Waals surface area contributed by atoms with E-state index < -0.39 is 0 Å². The van der Waals surface area contributed by atoms with E-state index in [-0.39, 0.29) is 11.9 Å². The van der Waals surface area contributed by atoms with Gasteiger partial charge in [-0.3, -0.25) is 4.79 Å². The molecular weight excluding hydrogens is 188 g/mol. The molecule has 1 atom stereocenters. The van der Waals surface area contributed by atoms with Crippen molar-refractivity contribution in [2.75, 3.05) is 13.6 Å². The summed E-state index contributed by atoms with van der Waals surface area (Å²) in [6.45, 7) is 2.53. The molecule has 0 aliphatic rings. The summed E-state index contributed by atoms with van der Waals surface area (Å²) in [7, 11) is 1.78. The molecule has 82 valence electrons. The summed E-state index contributed by atoms with van der Waals surface area (Å²) >= 11 is 0. The van der Waals surface area contributed by atoms with Crippen molar-refractivity contribution < 1.29 is 4.79 Å². The fraction of sp³-hybridized carbons (Fsp3) is 0.417. The average molecular weight is 206 g/mol. The zero-order chi connectivity index (χ0) is 11.1. The molecular formula is C12H18N2O. The van der Waals surface area contributed by atoms with Gasteiger partial charge in [0, 0.05) is 6.54 Å². The van der Waals surface area contributed by atoms with Crippen LogP contribution >= 0.6 is 0 Å². The molecule has 1 rings (SSSR count). The van der Waals surface area contributed by atoms with E-state index in [0.29, 0.717) is 6.54 Å². The normalized spacial score (nSPS) is 12.1. The van der Waals surface area contributed by atoms with Crippen LogP contribution in [0.3, 0.4) is 0 Å². The van der Waals surface area contributed by atoms with E-state index in [1.165, 1.54) is 5.56 Å². The fourth-order valence-electron chi connectivity index (χ4n) is 1.26. The van der Waals surface area contributed by atoms with E-state index in [0.717, 1.165) is 6.42 Å². The Morgan fingerprint density at radius 1 is 1.33 bits per heavy atom. The highest BCUT2D eigenvalue weighted by Crippen LogP contribution is 1.98. The Labute approximate surface area is 90.9 Å². The molecule has 0 radical (unpaired) electrons. The van der Waals surface area contributed by atoms with Gasteiger partial charge < -0.3 is 10.6 Å². The highest BCUT2D eigenvalue weighted by atomic mass is 16.2. The third-order valence-electron chi connectivity index (χ3n) is 2.38. The molecule has 0 fully saturated rings. The van der Waals surface area contributed by atoms with Gasteiger partial charge in [0.25, 0.3) is 0 Å². The lowest BCUT2D eigenvalue weighted by atomic mass is 10.1. The van der Waals surface area contributed by atoms with Gasteiger partial charge in [0.1, 0.15) is 0 Å². The van der Waals surface area contributed by atoms with E-state index in [1.54, 1.807) is 7.05 Å². The molecule has 0 heterocycles. The monoisotopic (exact) mass is 206 g/mol. The Hall–Kier alpha value is -1.35. The van der Waals surface area contributed by atoms with Crippen molar-refractivity contribution in [3.63, 3.8) is 0 Å². The molecule has 2 N–H and O–H groups in total. The first-order valence-electron chi connectivity index (χ1n) is 5.23. The second-order valence-corrected chi connectivity index (χ2v) is 3.54. The summed E-state index contributed by atoms with van der Waals surface area (Å²) in [6.07, 6.45) is 0.878. The quantitative estimate of drug-likeness (QED) is 0.753. The first kappa shape index (κ1) is 11.7. The van der Waals surface area contributed by atoms with Crippen molar-refractivity contribution in [3.05, 3.63) is 35.9 Å². The smallest absolute Gasteiger partial charge is 0.236 e. The molecule has 0 spiro atoms. The Balaban J connectivity index is 2.25. The van der Waals surface area contributed by atoms with Crippen LogP contribution in [-0.4, -0.2) is 25.5 Å². The van der Waals surface area contributed by atoms with Gasteiger partial charge in [-0.2, -0.15) is 0 Å². The van der Waals surface area contributed by atoms with Gasteiger partial charge in [0.05, 0.1) is 6.04 Å². The molecule has 0 saturated heterocycles. The fourth-order valence-corrected chi connectivity index (χ4v) is 1.26. The summed E-state index contributed by atoms with van der Waals surface area (Å²) < 4.78 is 0. The summed E-state index contributed by atoms with van der Waals surface area (Å²) in [4.78, 5) is 11.4. The van der Waals surface area contributed by atoms with Gasteiger partial charge in [0.2, 0.25) is 5.91 Å². The van der Waals surface area contributed by atoms with E-state index in [9.17, 15) is 4.79 Å². The number of amides is 1. The third kappa shape index (κ3) is 4.13. The minimum Gasteiger partial charge on any atom is -0.354 e. The zero-order valence-electron chi connectivity index (χ0n) is 9.29. The molecule has 1 aromatic rings. The summed E-state index contributed by atoms with van der Waals surface area (Å²) in [5.74, 6) is 0.0495. The maximum atomic E-state index is 11.4. The molecule has 1 aromatic carbocycles. The molecule has 3 heteroatoms. The first-order chi connectivity index (χ1) is 7.24. The summed E-state index contributed by atoms with van der Waals surface area (Å²) in [5.41, 5.74) is 1.25. The predicted octanol–water partition coefficient (Wildman–Crippen LogP) is 0.953. The van der Waals surface area contributed by atoms with Gasteiger partial charge in [-0.05, 0) is 26.0 Å². The second-order valence-electron chi connectivity index (χ2n) is 3.54. The van der Waals surface area contributed by atoms with Crippen molar-refractivity contribution in [2.45, 2.75) is 19.4 Å². The number of carbonyl (C=O) groups is 1. The number of benzene rings is 1. The van der Waals surface area contributed by atoms with Crippen LogP contribution in [-0.2, 0) is 11.2 Å². The number of likely N-dealkylation sites (N-methyl/N-ethyl adjacent to an activating group) is 1. The van der Waals surface area contributed by atoms with Gasteiger partial charge in [-0.25, -0.2) is 0 Å². The average Bonchev–Trinajstić information content (AvgIpc) is 2.29. The van der Waals surface area contributed by atoms with Crippen molar-refractivity contribution in [3.8, 4) is 0 Å². The Morgan fingerprint density at radius 3 is 2.60 bits per heavy atom. The van der Waals surface area contributed by atoms with Crippen molar-refractivity contribution >= 4 is 5.91 Å². The maximum absolute atomic E-state index is 11.4. The lowest BCUT2D eigenvalue weighted by molar-refractivity contribution is -0.122. The van der Waals surface area contributed by atoms with E-state index in [1.807, 2.05) is 25.1 Å². The van der Waals surface area contributed by atoms with E-state index in [2.05, 4.69) is 22.8 Å². The molecule has 15 heavy (non-hydrogen) atoms. The van der Waals surface area contributed by atoms with Crippen LogP contribution in [0.25, 0.3) is 0 Å². The van der Waals surface area contributed by atoms with E-state index in [4.69, 9.17) is 0 Å². The number of nitrogens with one attached hydrogen (secondary N) is 2. The largest absolute Gasteiger partial charge is 0.354 e. The highest BCUT2D eigenvalue weighted by molar-refractivity contribution is 5.81. The van der Waals surface area contributed by atoms with Gasteiger partial charge in [-0.1, -0.05) is 30.3 Å². The molecule has 0 aliphatic carbocycles. The van der Waals surface area contributed by atoms with Crippen molar-refractivity contribution in [1.29, 1.82) is 0 Å². The SMILES string of the molecule is CN[C@H](C)C(=O)NCCc1ccccc1. The van der Waals surface area contributed by atoms with E-state index >= 15 is 0 Å². The number of rotatable bonds is 5. The van der Waals surface area contributed by atoms with Crippen molar-refractivity contribution in [1.82, 2.24) is 10.6 Å². The molecule has 0 saturated carbocycles. The standard InChI is InChI=1S/C12H18N2O/c1-10(13-2)12(15)14-9-8-11-6-4-3-5-7-11/h3-7,10,13H,8-9H2,1-2H3,(H,14,15)/t10-/m1/s1. The predicted molar refractivity (Wildman–Crippen MR) is 61.7 cm³/mol. The number of hydrogen-bond donors (Lipinski definition) is 2. The van der Waals surface area contributed by atoms with Gasteiger partial charge >= 0.3 is 0 Å². The molecule has 0 aromatic heterocycles. The third-order valence-corrected chi connectivity index (χ3v) is 2.38. The van der Waals surface area contributed by atoms with Crippen LogP contribution in [0.1, 0.15) is 12.5 Å². The minimum absolute atomic E-state index is 0.0495. The Bertz CT molecular complexity index is 298. The zero-order valence-corrected chi connectivity index (χ0v) is 9.29. The highest BCUT2D eigenvalue weighted by Gasteiger charge is 2.08. The molecule has 0 bridgehead atoms. The Morgan fingerprint density at radius 2 is 2.00 bits per heavy atom. The van der Waals surface area contributed by atoms with Crippen LogP contribution in [0.2, 0.25) is 0 Å². The lowest BCUT2D eigenvalue weighted by Gasteiger charge is -2.10. The summed E-state index contributed by atoms with van der Waals surface area (Å²) in [5, 5.41) is 5.78. The molecule has 0 aliphatic heterocycles. The van der Waals surface area contributed by atoms with Crippen LogP contribution in [0, 0.1) is 0 Å². The van der Waals surface area contributed by atoms with Crippen LogP contribution in [0.5, 0.6) is 0 Å². The second kappa shape index (κ2) is 6.19. The van der Waals surface area contributed by atoms with Crippen LogP contribution < -0.4 is 10.6 Å². The van der Waals surface area contributed by atoms with Crippen LogP contribution in [0.4, 0.5) is 0 Å². The van der Waals surface area contributed by atoms with Gasteiger partial charge in [0.15, 0.2) is 0 Å². The van der Waals surface area contributed by atoms with Crippen molar-refractivity contribution in [2.24, 2.45) is 0 Å².